The van der Waals surface area contributed by atoms with E-state index in [9.17, 15) is 18.0 Å². The number of aromatic nitrogens is 2. The van der Waals surface area contributed by atoms with E-state index in [1.54, 1.807) is 18.5 Å². The van der Waals surface area contributed by atoms with Gasteiger partial charge in [-0.15, -0.1) is 0 Å². The van der Waals surface area contributed by atoms with Crippen molar-refractivity contribution < 1.29 is 18.0 Å². The van der Waals surface area contributed by atoms with Crippen LogP contribution >= 0.6 is 0 Å². The second-order valence-corrected chi connectivity index (χ2v) is 6.96. The van der Waals surface area contributed by atoms with Gasteiger partial charge in [-0.05, 0) is 72.5 Å². The molecule has 0 spiro atoms. The number of alkyl halides is 3. The van der Waals surface area contributed by atoms with E-state index in [4.69, 9.17) is 0 Å². The molecule has 0 radical (unpaired) electrons. The Labute approximate surface area is 170 Å². The van der Waals surface area contributed by atoms with Gasteiger partial charge in [-0.25, -0.2) is 0 Å². The van der Waals surface area contributed by atoms with Gasteiger partial charge in [0.15, 0.2) is 0 Å². The van der Waals surface area contributed by atoms with E-state index in [1.165, 1.54) is 17.7 Å². The third-order valence-corrected chi connectivity index (χ3v) is 4.91. The van der Waals surface area contributed by atoms with Gasteiger partial charge in [0.2, 0.25) is 0 Å². The van der Waals surface area contributed by atoms with Crippen LogP contribution in [0.5, 0.6) is 0 Å². The minimum atomic E-state index is -4.50. The van der Waals surface area contributed by atoms with E-state index in [2.05, 4.69) is 15.3 Å². The van der Waals surface area contributed by atoms with Gasteiger partial charge in [0.1, 0.15) is 0 Å². The summed E-state index contributed by atoms with van der Waals surface area (Å²) in [6.07, 6.45) is 2.59. The Morgan fingerprint density at radius 1 is 1.00 bits per heavy atom. The SMILES string of the molecule is O=C(Nc1ccc2[nH]cc(CCc3ccncc3)c2c1)c1cccc(C(F)(F)F)c1. The maximum absolute atomic E-state index is 12.9. The highest BCUT2D eigenvalue weighted by Crippen LogP contribution is 2.30. The molecule has 2 heterocycles. The molecule has 4 aromatic rings. The Balaban J connectivity index is 1.53. The highest BCUT2D eigenvalue weighted by Gasteiger charge is 2.30. The average molecular weight is 409 g/mol. The van der Waals surface area contributed by atoms with Crippen molar-refractivity contribution in [3.63, 3.8) is 0 Å². The summed E-state index contributed by atoms with van der Waals surface area (Å²) in [6.45, 7) is 0. The molecule has 0 bridgehead atoms. The largest absolute Gasteiger partial charge is 0.416 e. The van der Waals surface area contributed by atoms with E-state index < -0.39 is 17.6 Å². The lowest BCUT2D eigenvalue weighted by Gasteiger charge is -2.10. The molecule has 2 N–H and O–H groups in total. The molecule has 0 aliphatic rings. The molecule has 4 rings (SSSR count). The molecular weight excluding hydrogens is 391 g/mol. The summed E-state index contributed by atoms with van der Waals surface area (Å²) in [5.41, 5.74) is 2.82. The van der Waals surface area contributed by atoms with E-state index in [0.29, 0.717) is 5.69 Å². The van der Waals surface area contributed by atoms with Crippen molar-refractivity contribution in [2.45, 2.75) is 19.0 Å². The molecule has 7 heteroatoms. The lowest BCUT2D eigenvalue weighted by molar-refractivity contribution is -0.137. The Hall–Kier alpha value is -3.61. The number of aromatic amines is 1. The van der Waals surface area contributed by atoms with Crippen molar-refractivity contribution in [1.29, 1.82) is 0 Å². The first-order valence-corrected chi connectivity index (χ1v) is 9.38. The Morgan fingerprint density at radius 3 is 2.57 bits per heavy atom. The lowest BCUT2D eigenvalue weighted by Crippen LogP contribution is -2.13. The normalized spacial score (nSPS) is 11.6. The van der Waals surface area contributed by atoms with Crippen molar-refractivity contribution in [3.05, 3.63) is 95.4 Å². The smallest absolute Gasteiger partial charge is 0.361 e. The standard InChI is InChI=1S/C23H18F3N3O/c24-23(25,26)18-3-1-2-16(12-18)22(30)29-19-6-7-21-20(13-19)17(14-28-21)5-4-15-8-10-27-11-9-15/h1-3,6-14,28H,4-5H2,(H,29,30). The van der Waals surface area contributed by atoms with Crippen LogP contribution in [0.15, 0.2) is 73.2 Å². The minimum absolute atomic E-state index is 0.0445. The summed E-state index contributed by atoms with van der Waals surface area (Å²) in [5.74, 6) is -0.589. The maximum Gasteiger partial charge on any atom is 0.416 e. The second kappa shape index (κ2) is 8.02. The van der Waals surface area contributed by atoms with E-state index in [1.807, 2.05) is 30.5 Å². The minimum Gasteiger partial charge on any atom is -0.361 e. The van der Waals surface area contributed by atoms with Crippen LogP contribution < -0.4 is 5.32 Å². The number of hydrogen-bond acceptors (Lipinski definition) is 2. The van der Waals surface area contributed by atoms with Crippen LogP contribution in [0, 0.1) is 0 Å². The first-order chi connectivity index (χ1) is 14.4. The molecule has 0 fully saturated rings. The molecule has 30 heavy (non-hydrogen) atoms. The third-order valence-electron chi connectivity index (χ3n) is 4.91. The number of carbonyl (C=O) groups excluding carboxylic acids is 1. The summed E-state index contributed by atoms with van der Waals surface area (Å²) < 4.78 is 38.7. The highest BCUT2D eigenvalue weighted by molar-refractivity contribution is 6.05. The summed E-state index contributed by atoms with van der Waals surface area (Å²) in [7, 11) is 0. The number of anilines is 1. The molecule has 1 amide bonds. The van der Waals surface area contributed by atoms with Crippen molar-refractivity contribution in [2.24, 2.45) is 0 Å². The third kappa shape index (κ3) is 4.35. The molecule has 0 atom stereocenters. The van der Waals surface area contributed by atoms with Gasteiger partial charge < -0.3 is 10.3 Å². The number of carbonyl (C=O) groups is 1. The van der Waals surface area contributed by atoms with Crippen LogP contribution in [0.4, 0.5) is 18.9 Å². The molecule has 0 saturated heterocycles. The van der Waals surface area contributed by atoms with Gasteiger partial charge in [0, 0.05) is 40.7 Å². The molecule has 4 nitrogen and oxygen atoms in total. The van der Waals surface area contributed by atoms with Crippen molar-refractivity contribution in [1.82, 2.24) is 9.97 Å². The van der Waals surface area contributed by atoms with Gasteiger partial charge in [-0.2, -0.15) is 13.2 Å². The van der Waals surface area contributed by atoms with Crippen molar-refractivity contribution in [3.8, 4) is 0 Å². The number of amides is 1. The van der Waals surface area contributed by atoms with Gasteiger partial charge in [-0.1, -0.05) is 6.07 Å². The quantitative estimate of drug-likeness (QED) is 0.450. The molecule has 152 valence electrons. The number of pyridine rings is 1. The number of H-pyrrole nitrogens is 1. The molecule has 0 aliphatic carbocycles. The molecular formula is C23H18F3N3O. The molecule has 0 saturated carbocycles. The first kappa shape index (κ1) is 19.7. The maximum atomic E-state index is 12.9. The monoisotopic (exact) mass is 409 g/mol. The molecule has 2 aromatic heterocycles. The van der Waals surface area contributed by atoms with Crippen molar-refractivity contribution in [2.75, 3.05) is 5.32 Å². The fourth-order valence-electron chi connectivity index (χ4n) is 3.33. The highest BCUT2D eigenvalue weighted by atomic mass is 19.4. The Kier molecular flexibility index (Phi) is 5.27. The molecule has 2 aromatic carbocycles. The Morgan fingerprint density at radius 2 is 1.80 bits per heavy atom. The summed E-state index contributed by atoms with van der Waals surface area (Å²) >= 11 is 0. The van der Waals surface area contributed by atoms with Crippen LogP contribution in [-0.2, 0) is 19.0 Å². The molecule has 0 unspecified atom stereocenters. The number of nitrogens with zero attached hydrogens (tertiary/aromatic N) is 1. The van der Waals surface area contributed by atoms with Gasteiger partial charge in [0.05, 0.1) is 5.56 Å². The van der Waals surface area contributed by atoms with Gasteiger partial charge in [0.25, 0.3) is 5.91 Å². The van der Waals surface area contributed by atoms with Crippen molar-refractivity contribution >= 4 is 22.5 Å². The number of nitrogens with one attached hydrogen (secondary N) is 2. The Bertz CT molecular complexity index is 1180. The fraction of sp³-hybridized carbons (Fsp3) is 0.130. The number of aryl methyl sites for hydroxylation is 2. The summed E-state index contributed by atoms with van der Waals surface area (Å²) in [6, 6.07) is 13.7. The molecule has 0 aliphatic heterocycles. The van der Waals surface area contributed by atoms with E-state index in [0.717, 1.165) is 41.4 Å². The van der Waals surface area contributed by atoms with Crippen LogP contribution in [0.3, 0.4) is 0 Å². The van der Waals surface area contributed by atoms with Crippen LogP contribution in [0.1, 0.15) is 27.0 Å². The number of rotatable bonds is 5. The summed E-state index contributed by atoms with van der Waals surface area (Å²) in [5, 5.41) is 3.66. The van der Waals surface area contributed by atoms with Gasteiger partial charge in [-0.3, -0.25) is 9.78 Å². The number of fused-ring (bicyclic) bond motifs is 1. The van der Waals surface area contributed by atoms with E-state index in [-0.39, 0.29) is 5.56 Å². The topological polar surface area (TPSA) is 57.8 Å². The number of halogens is 3. The van der Waals surface area contributed by atoms with Gasteiger partial charge >= 0.3 is 6.18 Å². The second-order valence-electron chi connectivity index (χ2n) is 6.96. The predicted molar refractivity (Wildman–Crippen MR) is 109 cm³/mol. The first-order valence-electron chi connectivity index (χ1n) is 9.38. The van der Waals surface area contributed by atoms with Crippen LogP contribution in [0.2, 0.25) is 0 Å². The summed E-state index contributed by atoms with van der Waals surface area (Å²) in [4.78, 5) is 19.7. The van der Waals surface area contributed by atoms with E-state index >= 15 is 0 Å². The average Bonchev–Trinajstić information content (AvgIpc) is 3.15. The van der Waals surface area contributed by atoms with Crippen LogP contribution in [0.25, 0.3) is 10.9 Å². The zero-order valence-corrected chi connectivity index (χ0v) is 15.8. The predicted octanol–water partition coefficient (Wildman–Crippen LogP) is 5.62. The fourth-order valence-corrected chi connectivity index (χ4v) is 3.33. The lowest BCUT2D eigenvalue weighted by atomic mass is 10.0. The van der Waals surface area contributed by atoms with Crippen LogP contribution in [-0.4, -0.2) is 15.9 Å². The zero-order valence-electron chi connectivity index (χ0n) is 15.8. The zero-order chi connectivity index (χ0) is 21.1. The number of hydrogen-bond donors (Lipinski definition) is 2. The number of benzene rings is 2.